The molecule has 0 spiro atoms. The number of hydrogen-bond acceptors (Lipinski definition) is 8. The van der Waals surface area contributed by atoms with Crippen molar-refractivity contribution in [3.05, 3.63) is 77.4 Å². The highest BCUT2D eigenvalue weighted by Crippen LogP contribution is 2.32. The number of ether oxygens (including phenoxy) is 3. The van der Waals surface area contributed by atoms with Crippen LogP contribution < -0.4 is 19.9 Å². The van der Waals surface area contributed by atoms with Gasteiger partial charge in [-0.2, -0.15) is 22.8 Å². The first-order chi connectivity index (χ1) is 16.8. The van der Waals surface area contributed by atoms with E-state index >= 15 is 0 Å². The summed E-state index contributed by atoms with van der Waals surface area (Å²) in [6.45, 7) is -0.329. The molecule has 0 aliphatic heterocycles. The molecule has 2 aromatic carbocycles. The molecular formula is C23H21F3N6O3. The molecule has 0 aliphatic rings. The number of benzene rings is 2. The van der Waals surface area contributed by atoms with Crippen molar-refractivity contribution in [1.29, 1.82) is 0 Å². The van der Waals surface area contributed by atoms with Gasteiger partial charge in [-0.3, -0.25) is 0 Å². The van der Waals surface area contributed by atoms with Crippen LogP contribution in [0.1, 0.15) is 22.5 Å². The Morgan fingerprint density at radius 2 is 1.74 bits per heavy atom. The molecule has 0 saturated heterocycles. The van der Waals surface area contributed by atoms with Gasteiger partial charge in [-0.25, -0.2) is 9.97 Å². The van der Waals surface area contributed by atoms with Gasteiger partial charge in [0.1, 0.15) is 18.8 Å². The van der Waals surface area contributed by atoms with E-state index in [1.807, 2.05) is 6.07 Å². The lowest BCUT2D eigenvalue weighted by Gasteiger charge is -2.13. The van der Waals surface area contributed by atoms with Gasteiger partial charge in [0.05, 0.1) is 19.8 Å². The Balaban J connectivity index is 1.57. The van der Waals surface area contributed by atoms with Crippen LogP contribution in [0.25, 0.3) is 5.82 Å². The highest BCUT2D eigenvalue weighted by atomic mass is 19.4. The molecule has 0 fully saturated rings. The van der Waals surface area contributed by atoms with E-state index in [0.717, 1.165) is 11.6 Å². The van der Waals surface area contributed by atoms with Gasteiger partial charge in [-0.1, -0.05) is 24.3 Å². The molecule has 35 heavy (non-hydrogen) atoms. The van der Waals surface area contributed by atoms with Gasteiger partial charge in [-0.05, 0) is 23.8 Å². The summed E-state index contributed by atoms with van der Waals surface area (Å²) in [5.74, 6) is 2.00. The summed E-state index contributed by atoms with van der Waals surface area (Å²) < 4.78 is 57.3. The third kappa shape index (κ3) is 5.42. The summed E-state index contributed by atoms with van der Waals surface area (Å²) >= 11 is 0. The van der Waals surface area contributed by atoms with Crippen molar-refractivity contribution >= 4 is 5.95 Å². The number of anilines is 1. The Hall–Kier alpha value is -4.35. The van der Waals surface area contributed by atoms with E-state index in [9.17, 15) is 13.2 Å². The smallest absolute Gasteiger partial charge is 0.416 e. The number of methoxy groups -OCH3 is 2. The minimum absolute atomic E-state index is 0.0145. The first-order valence-corrected chi connectivity index (χ1v) is 10.3. The molecule has 9 nitrogen and oxygen atoms in total. The summed E-state index contributed by atoms with van der Waals surface area (Å²) in [7, 11) is 3.09. The number of halogens is 3. The fourth-order valence-electron chi connectivity index (χ4n) is 3.43. The van der Waals surface area contributed by atoms with Crippen molar-refractivity contribution in [3.63, 3.8) is 0 Å². The summed E-state index contributed by atoms with van der Waals surface area (Å²) in [6, 6.07) is 12.1. The lowest BCUT2D eigenvalue weighted by Crippen LogP contribution is -2.11. The zero-order chi connectivity index (χ0) is 25.0. The fourth-order valence-corrected chi connectivity index (χ4v) is 3.43. The van der Waals surface area contributed by atoms with E-state index < -0.39 is 11.7 Å². The SMILES string of the molecule is COc1ccc(Cc2nc(N)nn2-c2cc(OCc3ccccc3C(F)(F)F)ncn2)cc1OC. The van der Waals surface area contributed by atoms with Crippen molar-refractivity contribution < 1.29 is 27.4 Å². The second kappa shape index (κ2) is 9.87. The number of hydrogen-bond donors (Lipinski definition) is 1. The molecule has 2 heterocycles. The van der Waals surface area contributed by atoms with E-state index in [-0.39, 0.29) is 24.0 Å². The largest absolute Gasteiger partial charge is 0.493 e. The van der Waals surface area contributed by atoms with Crippen molar-refractivity contribution in [2.45, 2.75) is 19.2 Å². The molecule has 0 saturated carbocycles. The van der Waals surface area contributed by atoms with Crippen LogP contribution in [-0.2, 0) is 19.2 Å². The topological polar surface area (TPSA) is 110 Å². The van der Waals surface area contributed by atoms with Crippen LogP contribution in [0.2, 0.25) is 0 Å². The highest BCUT2D eigenvalue weighted by Gasteiger charge is 2.33. The van der Waals surface area contributed by atoms with Crippen molar-refractivity contribution in [2.24, 2.45) is 0 Å². The second-order valence-corrected chi connectivity index (χ2v) is 7.32. The third-order valence-corrected chi connectivity index (χ3v) is 5.04. The van der Waals surface area contributed by atoms with Crippen molar-refractivity contribution in [1.82, 2.24) is 24.7 Å². The van der Waals surface area contributed by atoms with Crippen LogP contribution in [0.15, 0.2) is 54.9 Å². The third-order valence-electron chi connectivity index (χ3n) is 5.04. The molecule has 182 valence electrons. The second-order valence-electron chi connectivity index (χ2n) is 7.32. The summed E-state index contributed by atoms with van der Waals surface area (Å²) in [4.78, 5) is 12.5. The molecule has 0 atom stereocenters. The predicted molar refractivity (Wildman–Crippen MR) is 119 cm³/mol. The summed E-state index contributed by atoms with van der Waals surface area (Å²) in [5.41, 5.74) is 5.90. The molecule has 0 amide bonds. The number of rotatable bonds is 8. The van der Waals surface area contributed by atoms with Crippen LogP contribution in [0, 0.1) is 0 Å². The molecule has 0 radical (unpaired) electrons. The van der Waals surface area contributed by atoms with Crippen molar-refractivity contribution in [3.8, 4) is 23.2 Å². The van der Waals surface area contributed by atoms with E-state index in [1.54, 1.807) is 19.2 Å². The van der Waals surface area contributed by atoms with E-state index in [2.05, 4.69) is 20.1 Å². The van der Waals surface area contributed by atoms with Gasteiger partial charge in [0, 0.05) is 18.1 Å². The van der Waals surface area contributed by atoms with E-state index in [0.29, 0.717) is 29.6 Å². The molecule has 2 aromatic heterocycles. The number of nitrogens with zero attached hydrogens (tertiary/aromatic N) is 5. The minimum Gasteiger partial charge on any atom is -0.493 e. The molecule has 4 aromatic rings. The average Bonchev–Trinajstić information content (AvgIpc) is 3.22. The van der Waals surface area contributed by atoms with Crippen LogP contribution in [0.5, 0.6) is 17.4 Å². The lowest BCUT2D eigenvalue weighted by atomic mass is 10.1. The van der Waals surface area contributed by atoms with Gasteiger partial charge in [-0.15, -0.1) is 5.10 Å². The Labute approximate surface area is 198 Å². The zero-order valence-electron chi connectivity index (χ0n) is 18.8. The zero-order valence-corrected chi connectivity index (χ0v) is 18.8. The maximum Gasteiger partial charge on any atom is 0.416 e. The predicted octanol–water partition coefficient (Wildman–Crippen LogP) is 3.85. The maximum absolute atomic E-state index is 13.2. The Kier molecular flexibility index (Phi) is 6.71. The van der Waals surface area contributed by atoms with Crippen LogP contribution in [0.4, 0.5) is 19.1 Å². The monoisotopic (exact) mass is 486 g/mol. The first kappa shape index (κ1) is 23.8. The Morgan fingerprint density at radius 3 is 2.49 bits per heavy atom. The molecular weight excluding hydrogens is 465 g/mol. The van der Waals surface area contributed by atoms with Gasteiger partial charge in [0.2, 0.25) is 11.8 Å². The number of aromatic nitrogens is 5. The van der Waals surface area contributed by atoms with Crippen LogP contribution in [0.3, 0.4) is 0 Å². The first-order valence-electron chi connectivity index (χ1n) is 10.3. The van der Waals surface area contributed by atoms with Gasteiger partial charge in [0.25, 0.3) is 0 Å². The van der Waals surface area contributed by atoms with Crippen molar-refractivity contribution in [2.75, 3.05) is 20.0 Å². The molecule has 4 rings (SSSR count). The van der Waals surface area contributed by atoms with Gasteiger partial charge < -0.3 is 19.9 Å². The molecule has 0 bridgehead atoms. The summed E-state index contributed by atoms with van der Waals surface area (Å²) in [6.07, 6.45) is -2.93. The number of alkyl halides is 3. The average molecular weight is 486 g/mol. The van der Waals surface area contributed by atoms with E-state index in [1.165, 1.54) is 42.4 Å². The highest BCUT2D eigenvalue weighted by molar-refractivity contribution is 5.44. The fraction of sp³-hybridized carbons (Fsp3) is 0.217. The summed E-state index contributed by atoms with van der Waals surface area (Å²) in [5, 5.41) is 4.19. The van der Waals surface area contributed by atoms with Gasteiger partial charge >= 0.3 is 6.18 Å². The lowest BCUT2D eigenvalue weighted by molar-refractivity contribution is -0.138. The Morgan fingerprint density at radius 1 is 0.971 bits per heavy atom. The number of nitrogens with two attached hydrogens (primary N) is 1. The quantitative estimate of drug-likeness (QED) is 0.400. The normalized spacial score (nSPS) is 11.3. The van der Waals surface area contributed by atoms with Crippen LogP contribution in [-0.4, -0.2) is 39.0 Å². The molecule has 0 aliphatic carbocycles. The van der Waals surface area contributed by atoms with Gasteiger partial charge in [0.15, 0.2) is 17.3 Å². The Bertz CT molecular complexity index is 1330. The minimum atomic E-state index is -4.49. The van der Waals surface area contributed by atoms with Crippen LogP contribution >= 0.6 is 0 Å². The van der Waals surface area contributed by atoms with E-state index in [4.69, 9.17) is 19.9 Å². The molecule has 12 heteroatoms. The standard InChI is InChI=1S/C23H21F3N6O3/c1-33-17-8-7-14(9-18(17)34-2)10-20-30-22(27)31-32(20)19-11-21(29-13-28-19)35-12-15-5-3-4-6-16(15)23(24,25)26/h3-9,11,13H,10,12H2,1-2H3,(H2,27,31). The number of nitrogen functional groups attached to an aromatic ring is 1. The maximum atomic E-state index is 13.2. The molecule has 0 unspecified atom stereocenters. The molecule has 2 N–H and O–H groups in total.